The normalized spacial score (nSPS) is 18.4. The number of aromatic nitrogens is 3. The lowest BCUT2D eigenvalue weighted by Gasteiger charge is -2.42. The molecule has 18 nitrogen and oxygen atoms in total. The van der Waals surface area contributed by atoms with Crippen LogP contribution in [0.3, 0.4) is 0 Å². The number of fused-ring (bicyclic) bond motifs is 2. The van der Waals surface area contributed by atoms with E-state index in [2.05, 4.69) is 46.5 Å². The Morgan fingerprint density at radius 3 is 1.85 bits per heavy atom. The zero-order valence-corrected chi connectivity index (χ0v) is 43.9. The van der Waals surface area contributed by atoms with Crippen molar-refractivity contribution in [2.45, 2.75) is 108 Å². The molecule has 0 radical (unpaired) electrons. The molecule has 4 aromatic rings. The van der Waals surface area contributed by atoms with Crippen molar-refractivity contribution in [2.24, 2.45) is 10.8 Å². The largest absolute Gasteiger partial charge is 0.453 e. The lowest BCUT2D eigenvalue weighted by atomic mass is 9.82. The molecule has 2 aromatic carbocycles. The number of alkyl halides is 8. The van der Waals surface area contributed by atoms with Crippen LogP contribution in [0, 0.1) is 34.3 Å². The molecule has 3 aliphatic rings. The third-order valence-corrected chi connectivity index (χ3v) is 14.6. The molecule has 6 atom stereocenters. The number of aliphatic hydroxyl groups excluding tert-OH is 1. The highest BCUT2D eigenvalue weighted by molar-refractivity contribution is 5.87. The maximum Gasteiger partial charge on any atom is 0.407 e. The van der Waals surface area contributed by atoms with Crippen LogP contribution in [0.4, 0.5) is 59.3 Å². The number of hydrazine groups is 1. The highest BCUT2D eigenvalue weighted by atomic mass is 19.4. The van der Waals surface area contributed by atoms with Gasteiger partial charge in [-0.05, 0) is 88.6 Å². The van der Waals surface area contributed by atoms with E-state index < -0.39 is 115 Å². The summed E-state index contributed by atoms with van der Waals surface area (Å²) >= 11 is 0. The van der Waals surface area contributed by atoms with Crippen molar-refractivity contribution in [3.8, 4) is 23.1 Å². The summed E-state index contributed by atoms with van der Waals surface area (Å²) in [4.78, 5) is 62.3. The fraction of sp³-hybridized carbons (Fsp3) is 0.500. The second kappa shape index (κ2) is 24.2. The van der Waals surface area contributed by atoms with Gasteiger partial charge in [0.1, 0.15) is 29.5 Å². The van der Waals surface area contributed by atoms with E-state index in [0.717, 1.165) is 65.0 Å². The van der Waals surface area contributed by atoms with E-state index in [1.165, 1.54) is 12.1 Å². The molecule has 3 aliphatic heterocycles. The predicted octanol–water partition coefficient (Wildman–Crippen LogP) is 6.23. The van der Waals surface area contributed by atoms with Gasteiger partial charge in [-0.1, -0.05) is 24.0 Å². The molecule has 434 valence electrons. The van der Waals surface area contributed by atoms with Gasteiger partial charge in [0, 0.05) is 72.9 Å². The Hall–Kier alpha value is -7.22. The molecule has 7 rings (SSSR count). The average molecular weight is 1140 g/mol. The van der Waals surface area contributed by atoms with Crippen molar-refractivity contribution < 1.29 is 82.4 Å². The van der Waals surface area contributed by atoms with Crippen molar-refractivity contribution in [3.63, 3.8) is 0 Å². The van der Waals surface area contributed by atoms with Crippen LogP contribution >= 0.6 is 0 Å². The molecule has 0 aliphatic carbocycles. The number of hydrogen-bond acceptors (Lipinski definition) is 13. The van der Waals surface area contributed by atoms with Gasteiger partial charge in [-0.3, -0.25) is 19.9 Å². The fourth-order valence-electron chi connectivity index (χ4n) is 9.39. The molecule has 5 N–H and O–H groups in total. The lowest BCUT2D eigenvalue weighted by Crippen LogP contribution is -2.63. The molecule has 2 aromatic heterocycles. The van der Waals surface area contributed by atoms with Gasteiger partial charge in [-0.25, -0.2) is 33.0 Å². The number of nitrogens with zero attached hydrogens (tertiary/aromatic N) is 6. The molecule has 4 amide bonds. The van der Waals surface area contributed by atoms with Crippen molar-refractivity contribution in [2.75, 3.05) is 52.0 Å². The monoisotopic (exact) mass is 1140 g/mol. The number of piperazine rings is 1. The van der Waals surface area contributed by atoms with Crippen molar-refractivity contribution in [3.05, 3.63) is 101 Å². The van der Waals surface area contributed by atoms with Crippen LogP contribution in [0.1, 0.15) is 62.9 Å². The van der Waals surface area contributed by atoms with Crippen molar-refractivity contribution in [1.82, 2.24) is 46.0 Å². The number of hydrogen-bond donors (Lipinski definition) is 5. The zero-order valence-electron chi connectivity index (χ0n) is 43.9. The number of amides is 4. The number of benzene rings is 2. The smallest absolute Gasteiger partial charge is 0.407 e. The number of ether oxygens (including phenoxy) is 3. The molecule has 3 saturated heterocycles. The Bertz CT molecular complexity index is 2910. The predicted molar refractivity (Wildman–Crippen MR) is 265 cm³/mol. The number of rotatable bonds is 19. The van der Waals surface area contributed by atoms with Crippen molar-refractivity contribution >= 4 is 29.8 Å². The van der Waals surface area contributed by atoms with Gasteiger partial charge in [-0.15, -0.1) is 0 Å². The van der Waals surface area contributed by atoms with Crippen LogP contribution in [-0.4, -0.2) is 156 Å². The van der Waals surface area contributed by atoms with Crippen LogP contribution in [0.2, 0.25) is 0 Å². The van der Waals surface area contributed by atoms with E-state index in [9.17, 15) is 59.4 Å². The minimum atomic E-state index is -5.23. The molecular formula is C52H58F10N10O8. The molecule has 0 spiro atoms. The molecule has 5 heterocycles. The Morgan fingerprint density at radius 1 is 0.787 bits per heavy atom. The summed E-state index contributed by atoms with van der Waals surface area (Å²) in [5.74, 6) is 0.774. The average Bonchev–Trinajstić information content (AvgIpc) is 4.17. The SMILES string of the molecule is COC(=O)NC(C(=O)N[C@@H](Cc1ccc(C#Cc2ccc(N3C[C@@H]4C[C@H]3CN4C3COC3)nc2)cc1)[C@@H](O)CN(Cc1c(F)cc(-c2ccn(C(F)F)n2)cc1F)NC(=O)[C@@H](NC(=O)OC)C(C)(C)C(F)(F)F)C(C)(C)C(F)(F)F. The third kappa shape index (κ3) is 13.7. The van der Waals surface area contributed by atoms with Gasteiger partial charge in [0.2, 0.25) is 5.91 Å². The second-order valence-electron chi connectivity index (χ2n) is 20.6. The molecule has 80 heavy (non-hydrogen) atoms. The molecule has 28 heteroatoms. The summed E-state index contributed by atoms with van der Waals surface area (Å²) in [5.41, 5.74) is -4.42. The van der Waals surface area contributed by atoms with Gasteiger partial charge < -0.3 is 40.2 Å². The van der Waals surface area contributed by atoms with Crippen LogP contribution in [0.25, 0.3) is 11.3 Å². The second-order valence-corrected chi connectivity index (χ2v) is 20.6. The van der Waals surface area contributed by atoms with E-state index in [4.69, 9.17) is 4.74 Å². The van der Waals surface area contributed by atoms with Gasteiger partial charge in [0.05, 0.1) is 62.1 Å². The van der Waals surface area contributed by atoms with Gasteiger partial charge in [-0.2, -0.15) is 40.2 Å². The topological polar surface area (TPSA) is 205 Å². The number of methoxy groups -OCH3 is 2. The third-order valence-electron chi connectivity index (χ3n) is 14.6. The number of nitrogens with one attached hydrogen (secondary N) is 4. The zero-order chi connectivity index (χ0) is 58.6. The molecule has 0 saturated carbocycles. The first-order valence-electron chi connectivity index (χ1n) is 24.9. The van der Waals surface area contributed by atoms with E-state index in [0.29, 0.717) is 74.1 Å². The number of anilines is 1. The highest BCUT2D eigenvalue weighted by Gasteiger charge is 2.57. The van der Waals surface area contributed by atoms with Crippen LogP contribution in [0.15, 0.2) is 67.0 Å². The minimum Gasteiger partial charge on any atom is -0.453 e. The maximum absolute atomic E-state index is 16.0. The van der Waals surface area contributed by atoms with E-state index >= 15 is 8.78 Å². The van der Waals surface area contributed by atoms with Crippen LogP contribution in [-0.2, 0) is 36.8 Å². The highest BCUT2D eigenvalue weighted by Crippen LogP contribution is 2.42. The Morgan fingerprint density at radius 2 is 1.36 bits per heavy atom. The van der Waals surface area contributed by atoms with Crippen molar-refractivity contribution in [1.29, 1.82) is 0 Å². The summed E-state index contributed by atoms with van der Waals surface area (Å²) in [6, 6.07) is 6.53. The summed E-state index contributed by atoms with van der Waals surface area (Å²) in [7, 11) is 1.60. The standard InChI is InChI=1S/C52H58F10N10O8/c1-49(2,51(57,58)59)42(65-47(76)78-5)44(74)64-39(17-29-10-7-28(8-11-29)9-12-30-13-14-41(63-21-30)71-23-32-20-33(71)22-70(32)34-26-80-27-34)40(73)25-69(68-45(75)43(66-48(77)79-6)50(3,4)52(60,61)62)24-35-36(53)18-31(19-37(35)54)38-15-16-72(67-38)46(55)56/h7-8,10-11,13-16,18-19,21,32-34,39-40,42-43,46,73H,17,20,22-27H2,1-6H3,(H,64,74)(H,65,76)(H,66,77)(H,68,75)/t32-,33-,39-,40-,42?,43+/m0/s1. The summed E-state index contributed by atoms with van der Waals surface area (Å²) in [6.45, 7) is 0.130. The molecule has 2 bridgehead atoms. The first-order valence-corrected chi connectivity index (χ1v) is 24.9. The van der Waals surface area contributed by atoms with Gasteiger partial charge in [0.15, 0.2) is 0 Å². The van der Waals surface area contributed by atoms with Gasteiger partial charge in [0.25, 0.3) is 5.91 Å². The number of pyridine rings is 1. The van der Waals surface area contributed by atoms with Gasteiger partial charge >= 0.3 is 31.1 Å². The first-order chi connectivity index (χ1) is 37.5. The quantitative estimate of drug-likeness (QED) is 0.0402. The first kappa shape index (κ1) is 60.4. The molecular weight excluding hydrogens is 1080 g/mol. The number of carbonyl (C=O) groups excluding carboxylic acids is 4. The Kier molecular flexibility index (Phi) is 18.3. The summed E-state index contributed by atoms with van der Waals surface area (Å²) in [5, 5.41) is 22.1. The summed E-state index contributed by atoms with van der Waals surface area (Å²) in [6.07, 6.45) is -12.5. The van der Waals surface area contributed by atoms with Crippen LogP contribution < -0.4 is 26.3 Å². The minimum absolute atomic E-state index is 0.198. The lowest BCUT2D eigenvalue weighted by molar-refractivity contribution is -0.221. The number of aliphatic hydroxyl groups is 1. The van der Waals surface area contributed by atoms with E-state index in [-0.39, 0.29) is 21.5 Å². The maximum atomic E-state index is 16.0. The molecule has 3 fully saturated rings. The Labute approximate surface area is 452 Å². The van der Waals surface area contributed by atoms with E-state index in [1.54, 1.807) is 23.6 Å². The van der Waals surface area contributed by atoms with E-state index in [1.807, 2.05) is 22.9 Å². The number of halogens is 10. The number of carbonyl (C=O) groups is 4. The Balaban J connectivity index is 1.18. The van der Waals surface area contributed by atoms with Crippen LogP contribution in [0.5, 0.6) is 0 Å². The summed E-state index contributed by atoms with van der Waals surface area (Å²) < 4.78 is 160. The fourth-order valence-corrected chi connectivity index (χ4v) is 9.39. The number of alkyl carbamates (subject to hydrolysis) is 2. The number of likely N-dealkylation sites (tertiary alicyclic amines) is 1. The molecule has 1 unspecified atom stereocenters.